The van der Waals surface area contributed by atoms with Gasteiger partial charge in [0.05, 0.1) is 0 Å². The highest BCUT2D eigenvalue weighted by atomic mass is 32.1. The lowest BCUT2D eigenvalue weighted by Crippen LogP contribution is -2.10. The summed E-state index contributed by atoms with van der Waals surface area (Å²) >= 11 is 1.88. The molecular weight excluding hydrogens is 711 g/mol. The van der Waals surface area contributed by atoms with E-state index >= 15 is 0 Å². The highest BCUT2D eigenvalue weighted by Crippen LogP contribution is 2.44. The molecule has 0 spiro atoms. The van der Waals surface area contributed by atoms with Crippen LogP contribution in [0.3, 0.4) is 0 Å². The fourth-order valence-corrected chi connectivity index (χ4v) is 9.81. The predicted molar refractivity (Wildman–Crippen MR) is 243 cm³/mol. The van der Waals surface area contributed by atoms with Crippen LogP contribution in [0.15, 0.2) is 199 Å². The van der Waals surface area contributed by atoms with E-state index < -0.39 is 0 Å². The third-order valence-electron chi connectivity index (χ3n) is 11.4. The molecule has 0 bridgehead atoms. The molecule has 2 aromatic heterocycles. The van der Waals surface area contributed by atoms with Gasteiger partial charge in [0.15, 0.2) is 0 Å². The van der Waals surface area contributed by atoms with Crippen molar-refractivity contribution in [3.63, 3.8) is 0 Å². The molecule has 0 aliphatic heterocycles. The third-order valence-corrected chi connectivity index (χ3v) is 12.6. The zero-order chi connectivity index (χ0) is 37.7. The third kappa shape index (κ3) is 5.96. The van der Waals surface area contributed by atoms with E-state index in [9.17, 15) is 0 Å². The summed E-state index contributed by atoms with van der Waals surface area (Å²) in [6.45, 7) is 0. The van der Waals surface area contributed by atoms with E-state index in [1.807, 2.05) is 11.3 Å². The number of fused-ring (bicyclic) bond motifs is 6. The smallest absolute Gasteiger partial charge is 0.135 e. The number of thiophene rings is 1. The minimum Gasteiger partial charge on any atom is -0.456 e. The van der Waals surface area contributed by atoms with E-state index in [1.54, 1.807) is 0 Å². The topological polar surface area (TPSA) is 16.4 Å². The molecule has 0 unspecified atom stereocenters. The maximum atomic E-state index is 6.17. The van der Waals surface area contributed by atoms with Gasteiger partial charge in [-0.15, -0.1) is 11.3 Å². The van der Waals surface area contributed by atoms with Gasteiger partial charge in [0.2, 0.25) is 0 Å². The maximum absolute atomic E-state index is 6.17. The van der Waals surface area contributed by atoms with Crippen molar-refractivity contribution in [1.82, 2.24) is 0 Å². The number of hydrogen-bond donors (Lipinski definition) is 0. The number of hydrogen-bond acceptors (Lipinski definition) is 3. The number of benzene rings is 8. The number of rotatable bonds is 7. The Bertz CT molecular complexity index is 3110. The lowest BCUT2D eigenvalue weighted by Gasteiger charge is -2.26. The van der Waals surface area contributed by atoms with E-state index in [4.69, 9.17) is 4.42 Å². The molecule has 2 heterocycles. The van der Waals surface area contributed by atoms with E-state index in [-0.39, 0.29) is 0 Å². The molecule has 0 amide bonds. The van der Waals surface area contributed by atoms with Crippen LogP contribution in [-0.4, -0.2) is 0 Å². The number of aryl methyl sites for hydroxylation is 1. The fraction of sp³-hybridized carbons (Fsp3) is 0.0370. The molecule has 0 N–H and O–H groups in total. The zero-order valence-corrected chi connectivity index (χ0v) is 32.0. The Morgan fingerprint density at radius 3 is 1.91 bits per heavy atom. The van der Waals surface area contributed by atoms with Crippen LogP contribution < -0.4 is 4.90 Å². The fourth-order valence-electron chi connectivity index (χ4n) is 8.58. The van der Waals surface area contributed by atoms with Crippen LogP contribution in [-0.2, 0) is 6.42 Å². The van der Waals surface area contributed by atoms with E-state index in [2.05, 4.69) is 205 Å². The molecule has 0 radical (unpaired) electrons. The minimum absolute atomic E-state index is 0.958. The van der Waals surface area contributed by atoms with Gasteiger partial charge in [0, 0.05) is 53.7 Å². The zero-order valence-electron chi connectivity index (χ0n) is 31.2. The van der Waals surface area contributed by atoms with E-state index in [0.717, 1.165) is 41.2 Å². The SMILES string of the molecule is C1=Cc2oc3ccc(-c4ccc(N(c5ccc(-c6ccccc6-c6cccc7c6sc6ccccc67)cc5)c5cccc(-c6ccccc6)c5)cc4)cc3c2CC1. The van der Waals surface area contributed by atoms with Crippen molar-refractivity contribution < 1.29 is 4.42 Å². The number of anilines is 3. The number of furan rings is 1. The first kappa shape index (κ1) is 33.4. The normalized spacial score (nSPS) is 12.4. The van der Waals surface area contributed by atoms with Crippen molar-refractivity contribution in [3.8, 4) is 44.5 Å². The molecule has 57 heavy (non-hydrogen) atoms. The van der Waals surface area contributed by atoms with Crippen molar-refractivity contribution in [2.75, 3.05) is 4.90 Å². The Balaban J connectivity index is 0.987. The maximum Gasteiger partial charge on any atom is 0.135 e. The summed E-state index contributed by atoms with van der Waals surface area (Å²) in [5.41, 5.74) is 15.3. The van der Waals surface area contributed by atoms with Crippen molar-refractivity contribution in [2.24, 2.45) is 0 Å². The average Bonchev–Trinajstić information content (AvgIpc) is 3.86. The standard InChI is InChI=1S/C54H37NOS/c1-2-12-36(13-3-1)39-14-10-15-43(34-39)55(41-29-24-37(25-30-41)40-28-33-52-50(35-40)46-18-6-8-22-51(46)56-52)42-31-26-38(27-32-42)44-16-4-5-17-45(44)48-20-11-21-49-47-19-7-9-23-53(47)57-54(48)49/h1-5,7-17,19-35H,6,18H2. The Kier molecular flexibility index (Phi) is 8.19. The lowest BCUT2D eigenvalue weighted by atomic mass is 9.93. The average molecular weight is 748 g/mol. The summed E-state index contributed by atoms with van der Waals surface area (Å²) < 4.78 is 8.82. The van der Waals surface area contributed by atoms with Crippen LogP contribution in [0.4, 0.5) is 17.1 Å². The Hall–Kier alpha value is -6.94. The first-order valence-electron chi connectivity index (χ1n) is 19.6. The van der Waals surface area contributed by atoms with Gasteiger partial charge < -0.3 is 9.32 Å². The molecular formula is C54H37NOS. The molecule has 0 fully saturated rings. The van der Waals surface area contributed by atoms with Gasteiger partial charge in [0.1, 0.15) is 11.3 Å². The summed E-state index contributed by atoms with van der Waals surface area (Å²) in [4.78, 5) is 2.37. The van der Waals surface area contributed by atoms with Crippen LogP contribution in [0.2, 0.25) is 0 Å². The summed E-state index contributed by atoms with van der Waals surface area (Å²) in [5, 5.41) is 3.86. The summed E-state index contributed by atoms with van der Waals surface area (Å²) in [6, 6.07) is 68.4. The molecule has 11 rings (SSSR count). The Morgan fingerprint density at radius 1 is 0.439 bits per heavy atom. The largest absolute Gasteiger partial charge is 0.456 e. The molecule has 0 saturated heterocycles. The van der Waals surface area contributed by atoms with Gasteiger partial charge in [-0.05, 0) is 112 Å². The van der Waals surface area contributed by atoms with Gasteiger partial charge in [-0.1, -0.05) is 140 Å². The molecule has 8 aromatic carbocycles. The molecule has 2 nitrogen and oxygen atoms in total. The van der Waals surface area contributed by atoms with Gasteiger partial charge in [-0.25, -0.2) is 0 Å². The summed E-state index contributed by atoms with van der Waals surface area (Å²) in [7, 11) is 0. The van der Waals surface area contributed by atoms with Crippen molar-refractivity contribution >= 4 is 65.6 Å². The quantitative estimate of drug-likeness (QED) is 0.161. The molecule has 0 atom stereocenters. The van der Waals surface area contributed by atoms with Crippen molar-refractivity contribution in [1.29, 1.82) is 0 Å². The molecule has 3 heteroatoms. The second-order valence-corrected chi connectivity index (χ2v) is 15.8. The molecule has 270 valence electrons. The molecule has 0 saturated carbocycles. The van der Waals surface area contributed by atoms with Gasteiger partial charge in [-0.3, -0.25) is 0 Å². The predicted octanol–water partition coefficient (Wildman–Crippen LogP) is 15.9. The highest BCUT2D eigenvalue weighted by molar-refractivity contribution is 7.26. The van der Waals surface area contributed by atoms with Crippen molar-refractivity contribution in [3.05, 3.63) is 205 Å². The van der Waals surface area contributed by atoms with Gasteiger partial charge >= 0.3 is 0 Å². The number of nitrogens with zero attached hydrogens (tertiary/aromatic N) is 1. The van der Waals surface area contributed by atoms with E-state index in [1.165, 1.54) is 75.6 Å². The van der Waals surface area contributed by atoms with Crippen LogP contribution >= 0.6 is 11.3 Å². The second-order valence-electron chi connectivity index (χ2n) is 14.8. The van der Waals surface area contributed by atoms with E-state index in [0.29, 0.717) is 0 Å². The highest BCUT2D eigenvalue weighted by Gasteiger charge is 2.18. The first-order chi connectivity index (χ1) is 28.2. The molecule has 1 aliphatic carbocycles. The molecule has 10 aromatic rings. The summed E-state index contributed by atoms with van der Waals surface area (Å²) in [6.07, 6.45) is 6.39. The van der Waals surface area contributed by atoms with Crippen LogP contribution in [0.25, 0.3) is 81.7 Å². The van der Waals surface area contributed by atoms with Crippen molar-refractivity contribution in [2.45, 2.75) is 12.8 Å². The monoisotopic (exact) mass is 747 g/mol. The van der Waals surface area contributed by atoms with Crippen LogP contribution in [0.1, 0.15) is 17.7 Å². The lowest BCUT2D eigenvalue weighted by molar-refractivity contribution is 0.595. The number of allylic oxidation sites excluding steroid dienone is 1. The van der Waals surface area contributed by atoms with Gasteiger partial charge in [-0.2, -0.15) is 0 Å². The minimum atomic E-state index is 0.958. The first-order valence-corrected chi connectivity index (χ1v) is 20.4. The Labute approximate surface area is 336 Å². The summed E-state index contributed by atoms with van der Waals surface area (Å²) in [5.74, 6) is 1.00. The second kappa shape index (κ2) is 14.0. The van der Waals surface area contributed by atoms with Crippen LogP contribution in [0.5, 0.6) is 0 Å². The van der Waals surface area contributed by atoms with Gasteiger partial charge in [0.25, 0.3) is 0 Å². The Morgan fingerprint density at radius 2 is 1.07 bits per heavy atom. The molecule has 1 aliphatic rings. The van der Waals surface area contributed by atoms with Crippen LogP contribution in [0, 0.1) is 0 Å².